The number of aliphatic hydroxyl groups excluding tert-OH is 1. The Morgan fingerprint density at radius 1 is 1.03 bits per heavy atom. The Kier molecular flexibility index (Phi) is 8.63. The Hall–Kier alpha value is -3.51. The van der Waals surface area contributed by atoms with Gasteiger partial charge in [-0.25, -0.2) is 0 Å². The van der Waals surface area contributed by atoms with Gasteiger partial charge >= 0.3 is 0 Å². The predicted octanol–water partition coefficient (Wildman–Crippen LogP) is 4.29. The van der Waals surface area contributed by atoms with Crippen LogP contribution in [0.15, 0.2) is 72.8 Å². The molecular weight excluding hydrogens is 440 g/mol. The molecule has 4 N–H and O–H groups in total. The molecule has 0 fully saturated rings. The highest BCUT2D eigenvalue weighted by Crippen LogP contribution is 2.35. The van der Waals surface area contributed by atoms with Crippen LogP contribution >= 0.6 is 0 Å². The Bertz CT molecular complexity index is 1090. The predicted molar refractivity (Wildman–Crippen MR) is 137 cm³/mol. The molecule has 0 aliphatic heterocycles. The molecule has 6 nitrogen and oxygen atoms in total. The fraction of sp³-hybridized carbons (Fsp3) is 0.345. The molecule has 0 spiro atoms. The number of nitrogens with two attached hydrogens (primary N) is 1. The first kappa shape index (κ1) is 24.6. The zero-order valence-corrected chi connectivity index (χ0v) is 20.0. The summed E-state index contributed by atoms with van der Waals surface area (Å²) in [5.74, 6) is 1.41. The number of benzene rings is 3. The van der Waals surface area contributed by atoms with Gasteiger partial charge in [0.15, 0.2) is 6.61 Å². The van der Waals surface area contributed by atoms with Crippen LogP contribution in [0.3, 0.4) is 0 Å². The van der Waals surface area contributed by atoms with Crippen molar-refractivity contribution >= 4 is 11.6 Å². The standard InChI is InChI=1S/C29H34N2O4/c30-29-26-17-22(16-24(32)19-34-25-12-5-2-6-13-25)10-7-11-23(26)14-15-27(29)35-20-28(33)31-18-21-8-3-1-4-9-21/h1-6,8-9,12-15,22,24,32H,7,10-11,16-20,30H2,(H,31,33)/t22?,24-/m0/s1. The lowest BCUT2D eigenvalue weighted by Crippen LogP contribution is -2.28. The first-order valence-corrected chi connectivity index (χ1v) is 12.3. The van der Waals surface area contributed by atoms with E-state index in [-0.39, 0.29) is 19.1 Å². The van der Waals surface area contributed by atoms with Crippen molar-refractivity contribution in [3.8, 4) is 11.5 Å². The molecule has 2 atom stereocenters. The van der Waals surface area contributed by atoms with Gasteiger partial charge < -0.3 is 25.6 Å². The third-order valence-electron chi connectivity index (χ3n) is 6.45. The second kappa shape index (κ2) is 12.3. The number of carbonyl (C=O) groups is 1. The molecule has 35 heavy (non-hydrogen) atoms. The molecule has 0 aromatic heterocycles. The van der Waals surface area contributed by atoms with Gasteiger partial charge in [-0.2, -0.15) is 0 Å². The molecule has 1 aliphatic rings. The summed E-state index contributed by atoms with van der Waals surface area (Å²) in [6.07, 6.45) is 3.90. The number of nitrogen functional groups attached to an aromatic ring is 1. The maximum Gasteiger partial charge on any atom is 0.258 e. The third-order valence-corrected chi connectivity index (χ3v) is 6.45. The minimum absolute atomic E-state index is 0.0885. The summed E-state index contributed by atoms with van der Waals surface area (Å²) in [4.78, 5) is 12.3. The Labute approximate surface area is 207 Å². The number of fused-ring (bicyclic) bond motifs is 1. The number of para-hydroxylation sites is 1. The van der Waals surface area contributed by atoms with E-state index < -0.39 is 6.10 Å². The highest BCUT2D eigenvalue weighted by molar-refractivity contribution is 5.77. The summed E-state index contributed by atoms with van der Waals surface area (Å²) in [6.45, 7) is 0.638. The molecule has 1 amide bonds. The van der Waals surface area contributed by atoms with E-state index in [1.807, 2.05) is 66.7 Å². The van der Waals surface area contributed by atoms with E-state index in [1.54, 1.807) is 0 Å². The summed E-state index contributed by atoms with van der Waals surface area (Å²) in [5, 5.41) is 13.4. The fourth-order valence-corrected chi connectivity index (χ4v) is 4.62. The van der Waals surface area contributed by atoms with Crippen LogP contribution in [-0.2, 0) is 24.2 Å². The summed E-state index contributed by atoms with van der Waals surface area (Å²) >= 11 is 0. The first-order valence-electron chi connectivity index (χ1n) is 12.3. The van der Waals surface area contributed by atoms with Crippen LogP contribution in [0.2, 0.25) is 0 Å². The van der Waals surface area contributed by atoms with E-state index in [2.05, 4.69) is 11.4 Å². The Morgan fingerprint density at radius 3 is 2.54 bits per heavy atom. The van der Waals surface area contributed by atoms with Crippen LogP contribution in [0.25, 0.3) is 0 Å². The van der Waals surface area contributed by atoms with Gasteiger partial charge in [-0.15, -0.1) is 0 Å². The highest BCUT2D eigenvalue weighted by atomic mass is 16.5. The number of carbonyl (C=O) groups excluding carboxylic acids is 1. The second-order valence-electron chi connectivity index (χ2n) is 9.14. The SMILES string of the molecule is Nc1c(OCC(=O)NCc2ccccc2)ccc2c1CC(C[C@H](O)COc1ccccc1)CCC2. The molecule has 3 aromatic rings. The average molecular weight is 475 g/mol. The number of amides is 1. The number of rotatable bonds is 10. The highest BCUT2D eigenvalue weighted by Gasteiger charge is 2.23. The Morgan fingerprint density at radius 2 is 1.77 bits per heavy atom. The van der Waals surface area contributed by atoms with E-state index in [4.69, 9.17) is 15.2 Å². The summed E-state index contributed by atoms with van der Waals surface area (Å²) in [5.41, 5.74) is 10.4. The zero-order valence-electron chi connectivity index (χ0n) is 20.0. The number of nitrogens with one attached hydrogen (secondary N) is 1. The fourth-order valence-electron chi connectivity index (χ4n) is 4.62. The molecule has 1 aliphatic carbocycles. The second-order valence-corrected chi connectivity index (χ2v) is 9.14. The quantitative estimate of drug-likeness (QED) is 0.301. The minimum Gasteiger partial charge on any atom is -0.491 e. The summed E-state index contributed by atoms with van der Waals surface area (Å²) in [7, 11) is 0. The van der Waals surface area contributed by atoms with Crippen molar-refractivity contribution in [2.24, 2.45) is 5.92 Å². The molecule has 0 saturated heterocycles. The Balaban J connectivity index is 1.31. The molecule has 3 aromatic carbocycles. The smallest absolute Gasteiger partial charge is 0.258 e. The first-order chi connectivity index (χ1) is 17.1. The van der Waals surface area contributed by atoms with Crippen LogP contribution in [0.4, 0.5) is 5.69 Å². The molecule has 4 rings (SSSR count). The van der Waals surface area contributed by atoms with E-state index in [9.17, 15) is 9.90 Å². The van der Waals surface area contributed by atoms with Crippen molar-refractivity contribution in [2.75, 3.05) is 18.9 Å². The lowest BCUT2D eigenvalue weighted by Gasteiger charge is -2.21. The molecule has 0 heterocycles. The van der Waals surface area contributed by atoms with Crippen molar-refractivity contribution in [2.45, 2.75) is 44.8 Å². The maximum atomic E-state index is 12.3. The monoisotopic (exact) mass is 474 g/mol. The van der Waals surface area contributed by atoms with Gasteiger partial charge in [0, 0.05) is 6.54 Å². The van der Waals surface area contributed by atoms with Crippen molar-refractivity contribution in [3.63, 3.8) is 0 Å². The average Bonchev–Trinajstić information content (AvgIpc) is 3.09. The molecular formula is C29H34N2O4. The van der Waals surface area contributed by atoms with Gasteiger partial charge in [0.2, 0.25) is 0 Å². The largest absolute Gasteiger partial charge is 0.491 e. The van der Waals surface area contributed by atoms with Gasteiger partial charge in [0.05, 0.1) is 11.8 Å². The minimum atomic E-state index is -0.546. The van der Waals surface area contributed by atoms with Gasteiger partial charge in [-0.1, -0.05) is 54.6 Å². The number of hydrogen-bond donors (Lipinski definition) is 3. The molecule has 1 unspecified atom stereocenters. The summed E-state index contributed by atoms with van der Waals surface area (Å²) in [6, 6.07) is 23.2. The van der Waals surface area contributed by atoms with Crippen molar-refractivity contribution < 1.29 is 19.4 Å². The maximum absolute atomic E-state index is 12.3. The van der Waals surface area contributed by atoms with Gasteiger partial charge in [-0.05, 0) is 72.9 Å². The number of hydrogen-bond acceptors (Lipinski definition) is 5. The van der Waals surface area contributed by atoms with Gasteiger partial charge in [0.25, 0.3) is 5.91 Å². The summed E-state index contributed by atoms with van der Waals surface area (Å²) < 4.78 is 11.5. The van der Waals surface area contributed by atoms with Crippen molar-refractivity contribution in [1.29, 1.82) is 0 Å². The van der Waals surface area contributed by atoms with E-state index in [1.165, 1.54) is 5.56 Å². The molecule has 0 saturated carbocycles. The van der Waals surface area contributed by atoms with Crippen molar-refractivity contribution in [3.05, 3.63) is 89.5 Å². The van der Waals surface area contributed by atoms with E-state index in [0.29, 0.717) is 30.3 Å². The van der Waals surface area contributed by atoms with Gasteiger partial charge in [-0.3, -0.25) is 4.79 Å². The third kappa shape index (κ3) is 7.23. The lowest BCUT2D eigenvalue weighted by atomic mass is 9.91. The van der Waals surface area contributed by atoms with Crippen LogP contribution in [-0.4, -0.2) is 30.3 Å². The number of aryl methyl sites for hydroxylation is 1. The van der Waals surface area contributed by atoms with E-state index in [0.717, 1.165) is 42.6 Å². The molecule has 0 bridgehead atoms. The number of anilines is 1. The van der Waals surface area contributed by atoms with Crippen LogP contribution in [0.1, 0.15) is 36.0 Å². The van der Waals surface area contributed by atoms with Gasteiger partial charge in [0.1, 0.15) is 18.1 Å². The molecule has 184 valence electrons. The topological polar surface area (TPSA) is 93.8 Å². The van der Waals surface area contributed by atoms with Crippen LogP contribution < -0.4 is 20.5 Å². The van der Waals surface area contributed by atoms with Crippen molar-refractivity contribution in [1.82, 2.24) is 5.32 Å². The zero-order chi connectivity index (χ0) is 24.5. The van der Waals surface area contributed by atoms with Crippen LogP contribution in [0, 0.1) is 5.92 Å². The number of aliphatic hydroxyl groups is 1. The molecule has 0 radical (unpaired) electrons. The lowest BCUT2D eigenvalue weighted by molar-refractivity contribution is -0.123. The van der Waals surface area contributed by atoms with Crippen LogP contribution in [0.5, 0.6) is 11.5 Å². The normalized spacial score (nSPS) is 16.0. The van der Waals surface area contributed by atoms with E-state index >= 15 is 0 Å². The number of ether oxygens (including phenoxy) is 2. The molecule has 6 heteroatoms.